The smallest absolute Gasteiger partial charge is 0.339 e. The van der Waals surface area contributed by atoms with Gasteiger partial charge in [0, 0.05) is 16.6 Å². The van der Waals surface area contributed by atoms with Crippen molar-refractivity contribution in [2.45, 2.75) is 33.1 Å². The zero-order valence-electron chi connectivity index (χ0n) is 16.2. The van der Waals surface area contributed by atoms with Crippen LogP contribution in [0.4, 0.5) is 0 Å². The van der Waals surface area contributed by atoms with Crippen LogP contribution in [0.3, 0.4) is 0 Å². The minimum Gasteiger partial charge on any atom is -0.454 e. The summed E-state index contributed by atoms with van der Waals surface area (Å²) in [5.41, 5.74) is 4.96. The fourth-order valence-corrected chi connectivity index (χ4v) is 3.82. The van der Waals surface area contributed by atoms with Crippen LogP contribution >= 0.6 is 0 Å². The fraction of sp³-hybridized carbons (Fsp3) is 0.292. The van der Waals surface area contributed by atoms with Crippen LogP contribution in [0.1, 0.15) is 50.9 Å². The molecule has 0 fully saturated rings. The van der Waals surface area contributed by atoms with Gasteiger partial charge in [0.1, 0.15) is 0 Å². The predicted octanol–water partition coefficient (Wildman–Crippen LogP) is 4.71. The number of nitrogens with zero attached hydrogens (tertiary/aromatic N) is 1. The van der Waals surface area contributed by atoms with E-state index in [9.17, 15) is 9.59 Å². The Hall–Kier alpha value is -3.01. The summed E-state index contributed by atoms with van der Waals surface area (Å²) < 4.78 is 5.47. The van der Waals surface area contributed by atoms with E-state index in [1.807, 2.05) is 43.3 Å². The molecule has 3 aromatic rings. The second-order valence-electron chi connectivity index (χ2n) is 7.64. The monoisotopic (exact) mass is 373 g/mol. The molecule has 142 valence electrons. The molecule has 1 aliphatic carbocycles. The Morgan fingerprint density at radius 1 is 1.11 bits per heavy atom. The molecule has 1 atom stereocenters. The van der Waals surface area contributed by atoms with Crippen LogP contribution in [-0.2, 0) is 17.6 Å². The number of carbonyl (C=O) groups excluding carboxylic acids is 2. The van der Waals surface area contributed by atoms with E-state index in [1.165, 1.54) is 0 Å². The topological polar surface area (TPSA) is 56.3 Å². The molecule has 0 aliphatic heterocycles. The molecule has 0 saturated carbocycles. The average Bonchev–Trinajstić information content (AvgIpc) is 2.70. The van der Waals surface area contributed by atoms with Gasteiger partial charge in [-0.15, -0.1) is 0 Å². The molecule has 0 spiro atoms. The molecule has 0 bridgehead atoms. The molecule has 4 heteroatoms. The van der Waals surface area contributed by atoms with Gasteiger partial charge in [-0.2, -0.15) is 0 Å². The number of rotatable bonds is 4. The van der Waals surface area contributed by atoms with Crippen molar-refractivity contribution in [1.29, 1.82) is 0 Å². The third-order valence-corrected chi connectivity index (χ3v) is 5.42. The van der Waals surface area contributed by atoms with Crippen LogP contribution in [0, 0.1) is 12.8 Å². The van der Waals surface area contributed by atoms with Crippen molar-refractivity contribution in [3.05, 3.63) is 76.5 Å². The van der Waals surface area contributed by atoms with E-state index in [0.29, 0.717) is 17.0 Å². The number of hydrogen-bond acceptors (Lipinski definition) is 4. The number of carbonyl (C=O) groups is 2. The van der Waals surface area contributed by atoms with Gasteiger partial charge in [0.15, 0.2) is 12.4 Å². The van der Waals surface area contributed by atoms with Gasteiger partial charge in [0.05, 0.1) is 11.1 Å². The number of hydrogen-bond donors (Lipinski definition) is 0. The Kier molecular flexibility index (Phi) is 4.95. The maximum atomic E-state index is 13.0. The van der Waals surface area contributed by atoms with E-state index in [2.05, 4.69) is 6.92 Å². The minimum absolute atomic E-state index is 0.200. The van der Waals surface area contributed by atoms with Crippen molar-refractivity contribution in [3.63, 3.8) is 0 Å². The lowest BCUT2D eigenvalue weighted by Crippen LogP contribution is -2.21. The number of para-hydroxylation sites is 1. The zero-order valence-corrected chi connectivity index (χ0v) is 16.2. The molecule has 28 heavy (non-hydrogen) atoms. The molecule has 0 N–H and O–H groups in total. The highest BCUT2D eigenvalue weighted by atomic mass is 16.5. The summed E-state index contributed by atoms with van der Waals surface area (Å²) in [5, 5.41) is 0.795. The van der Waals surface area contributed by atoms with E-state index in [1.54, 1.807) is 12.1 Å². The molecule has 2 aromatic carbocycles. The first-order valence-electron chi connectivity index (χ1n) is 9.70. The molecular weight excluding hydrogens is 350 g/mol. The van der Waals surface area contributed by atoms with Gasteiger partial charge >= 0.3 is 5.97 Å². The number of benzene rings is 2. The molecule has 1 aromatic heterocycles. The summed E-state index contributed by atoms with van der Waals surface area (Å²) in [6.07, 6.45) is 2.74. The molecule has 1 aliphatic rings. The van der Waals surface area contributed by atoms with Crippen LogP contribution in [0.25, 0.3) is 10.9 Å². The normalized spacial score (nSPS) is 15.9. The molecule has 4 rings (SSSR count). The second kappa shape index (κ2) is 7.55. The molecule has 0 saturated heterocycles. The van der Waals surface area contributed by atoms with Gasteiger partial charge in [0.2, 0.25) is 0 Å². The van der Waals surface area contributed by atoms with Gasteiger partial charge in [-0.3, -0.25) is 9.78 Å². The number of Topliss-reactive ketones (excluding diaryl/α,β-unsaturated/α-hetero) is 1. The summed E-state index contributed by atoms with van der Waals surface area (Å²) in [6.45, 7) is 3.89. The van der Waals surface area contributed by atoms with Crippen LogP contribution in [-0.4, -0.2) is 23.3 Å². The van der Waals surface area contributed by atoms with Crippen molar-refractivity contribution in [3.8, 4) is 0 Å². The largest absolute Gasteiger partial charge is 0.454 e. The number of ketones is 1. The Morgan fingerprint density at radius 2 is 1.86 bits per heavy atom. The van der Waals surface area contributed by atoms with Crippen LogP contribution < -0.4 is 0 Å². The highest BCUT2D eigenvalue weighted by molar-refractivity contribution is 6.06. The number of esters is 1. The highest BCUT2D eigenvalue weighted by Gasteiger charge is 2.26. The maximum absolute atomic E-state index is 13.0. The first kappa shape index (κ1) is 18.4. The Morgan fingerprint density at radius 3 is 2.64 bits per heavy atom. The van der Waals surface area contributed by atoms with E-state index in [0.717, 1.165) is 47.0 Å². The molecule has 1 heterocycles. The first-order chi connectivity index (χ1) is 13.5. The molecule has 4 nitrogen and oxygen atoms in total. The van der Waals surface area contributed by atoms with Crippen LogP contribution in [0.2, 0.25) is 0 Å². The summed E-state index contributed by atoms with van der Waals surface area (Å²) in [6, 6.07) is 14.9. The quantitative estimate of drug-likeness (QED) is 0.491. The van der Waals surface area contributed by atoms with Crippen LogP contribution in [0.15, 0.2) is 48.5 Å². The minimum atomic E-state index is -0.440. The van der Waals surface area contributed by atoms with Crippen molar-refractivity contribution >= 4 is 22.7 Å². The van der Waals surface area contributed by atoms with E-state index < -0.39 is 5.97 Å². The van der Waals surface area contributed by atoms with Crippen molar-refractivity contribution < 1.29 is 14.3 Å². The Bertz CT molecular complexity index is 1050. The van der Waals surface area contributed by atoms with E-state index in [4.69, 9.17) is 9.72 Å². The second-order valence-corrected chi connectivity index (χ2v) is 7.64. The summed E-state index contributed by atoms with van der Waals surface area (Å²) in [4.78, 5) is 30.2. The van der Waals surface area contributed by atoms with E-state index in [-0.39, 0.29) is 12.4 Å². The summed E-state index contributed by atoms with van der Waals surface area (Å²) in [5.74, 6) is -0.144. The SMILES string of the molecule is Cc1ccc(C(=O)COC(=O)c2c3c(nc4ccccc24)CCC(C)C3)cc1. The molecular formula is C24H23NO3. The Balaban J connectivity index is 1.64. The Labute approximate surface area is 164 Å². The molecule has 1 unspecified atom stereocenters. The number of pyridine rings is 1. The van der Waals surface area contributed by atoms with Crippen molar-refractivity contribution in [2.24, 2.45) is 5.92 Å². The number of aromatic nitrogens is 1. The van der Waals surface area contributed by atoms with Gasteiger partial charge in [-0.25, -0.2) is 4.79 Å². The predicted molar refractivity (Wildman–Crippen MR) is 109 cm³/mol. The van der Waals surface area contributed by atoms with Gasteiger partial charge < -0.3 is 4.74 Å². The lowest BCUT2D eigenvalue weighted by molar-refractivity contribution is 0.0475. The maximum Gasteiger partial charge on any atom is 0.339 e. The molecule has 0 radical (unpaired) electrons. The van der Waals surface area contributed by atoms with Crippen LogP contribution in [0.5, 0.6) is 0 Å². The fourth-order valence-electron chi connectivity index (χ4n) is 3.82. The van der Waals surface area contributed by atoms with Crippen molar-refractivity contribution in [2.75, 3.05) is 6.61 Å². The lowest BCUT2D eigenvalue weighted by Gasteiger charge is -2.24. The third-order valence-electron chi connectivity index (χ3n) is 5.42. The van der Waals surface area contributed by atoms with Crippen molar-refractivity contribution in [1.82, 2.24) is 4.98 Å². The summed E-state index contributed by atoms with van der Waals surface area (Å²) >= 11 is 0. The van der Waals surface area contributed by atoms with E-state index >= 15 is 0 Å². The standard InChI is InChI=1S/C24H23NO3/c1-15-7-10-17(11-8-15)22(26)14-28-24(27)23-18-5-3-4-6-20(18)25-21-12-9-16(2)13-19(21)23/h3-8,10-11,16H,9,12-14H2,1-2H3. The third kappa shape index (κ3) is 3.55. The average molecular weight is 373 g/mol. The van der Waals surface area contributed by atoms with Gasteiger partial charge in [-0.1, -0.05) is 55.0 Å². The first-order valence-corrected chi connectivity index (χ1v) is 9.70. The number of fused-ring (bicyclic) bond motifs is 2. The van der Waals surface area contributed by atoms with Gasteiger partial charge in [-0.05, 0) is 43.7 Å². The van der Waals surface area contributed by atoms with Gasteiger partial charge in [0.25, 0.3) is 0 Å². The lowest BCUT2D eigenvalue weighted by atomic mass is 9.84. The zero-order chi connectivity index (χ0) is 19.7. The molecule has 0 amide bonds. The summed E-state index contributed by atoms with van der Waals surface area (Å²) in [7, 11) is 0. The number of ether oxygens (including phenoxy) is 1. The number of aryl methyl sites for hydroxylation is 2. The highest BCUT2D eigenvalue weighted by Crippen LogP contribution is 2.32.